The van der Waals surface area contributed by atoms with E-state index in [1.165, 1.54) is 34.4 Å². The van der Waals surface area contributed by atoms with E-state index in [1.54, 1.807) is 11.8 Å². The van der Waals surface area contributed by atoms with Crippen molar-refractivity contribution in [3.63, 3.8) is 0 Å². The Morgan fingerprint density at radius 2 is 2.08 bits per heavy atom. The minimum atomic E-state index is -0.119. The molecule has 10 heteroatoms. The fraction of sp³-hybridized carbons (Fsp3) is 0.333. The SMILES string of the molecule is CCSc1nnc(NC(=O)CSc2sc3nc(C)cc(C)c3c2N)s1. The molecule has 0 fully saturated rings. The lowest BCUT2D eigenvalue weighted by Crippen LogP contribution is -2.13. The van der Waals surface area contributed by atoms with E-state index >= 15 is 0 Å². The first-order chi connectivity index (χ1) is 12.0. The Bertz CT molecular complexity index is 920. The number of hydrogen-bond acceptors (Lipinski definition) is 9. The normalized spacial score (nSPS) is 11.2. The van der Waals surface area contributed by atoms with Gasteiger partial charge in [-0.15, -0.1) is 33.3 Å². The number of hydrogen-bond donors (Lipinski definition) is 2. The van der Waals surface area contributed by atoms with Crippen molar-refractivity contribution in [2.45, 2.75) is 29.3 Å². The van der Waals surface area contributed by atoms with Crippen LogP contribution in [0.1, 0.15) is 18.2 Å². The van der Waals surface area contributed by atoms with Gasteiger partial charge in [-0.25, -0.2) is 4.98 Å². The summed E-state index contributed by atoms with van der Waals surface area (Å²) in [5.41, 5.74) is 9.05. The molecule has 3 aromatic rings. The number of fused-ring (bicyclic) bond motifs is 1. The summed E-state index contributed by atoms with van der Waals surface area (Å²) in [6.07, 6.45) is 0. The highest BCUT2D eigenvalue weighted by Gasteiger charge is 2.15. The van der Waals surface area contributed by atoms with E-state index in [9.17, 15) is 4.79 Å². The highest BCUT2D eigenvalue weighted by atomic mass is 32.2. The van der Waals surface area contributed by atoms with Gasteiger partial charge in [0.05, 0.1) is 15.6 Å². The van der Waals surface area contributed by atoms with Gasteiger partial charge in [0.15, 0.2) is 4.34 Å². The number of nitrogens with one attached hydrogen (secondary N) is 1. The average molecular weight is 412 g/mol. The van der Waals surface area contributed by atoms with Crippen LogP contribution < -0.4 is 11.1 Å². The molecule has 25 heavy (non-hydrogen) atoms. The van der Waals surface area contributed by atoms with Crippen molar-refractivity contribution >= 4 is 73.1 Å². The van der Waals surface area contributed by atoms with E-state index in [4.69, 9.17) is 5.73 Å². The van der Waals surface area contributed by atoms with Crippen molar-refractivity contribution in [3.8, 4) is 0 Å². The first-order valence-electron chi connectivity index (χ1n) is 7.53. The van der Waals surface area contributed by atoms with Crippen LogP contribution in [0.25, 0.3) is 10.2 Å². The number of carbonyl (C=O) groups excluding carboxylic acids is 1. The zero-order valence-corrected chi connectivity index (χ0v) is 17.2. The van der Waals surface area contributed by atoms with Crippen molar-refractivity contribution in [2.75, 3.05) is 22.6 Å². The molecule has 0 saturated carbocycles. The Morgan fingerprint density at radius 3 is 2.84 bits per heavy atom. The van der Waals surface area contributed by atoms with Gasteiger partial charge >= 0.3 is 0 Å². The van der Waals surface area contributed by atoms with E-state index in [0.29, 0.717) is 10.8 Å². The number of nitrogen functional groups attached to an aromatic ring is 1. The molecule has 6 nitrogen and oxygen atoms in total. The number of nitrogens with zero attached hydrogens (tertiary/aromatic N) is 3. The molecule has 0 radical (unpaired) electrons. The molecule has 0 aliphatic rings. The molecular formula is C15H17N5OS4. The average Bonchev–Trinajstić information content (AvgIpc) is 3.10. The number of nitrogens with two attached hydrogens (primary N) is 1. The lowest BCUT2D eigenvalue weighted by molar-refractivity contribution is -0.113. The summed E-state index contributed by atoms with van der Waals surface area (Å²) in [5, 5.41) is 12.3. The van der Waals surface area contributed by atoms with Gasteiger partial charge in [-0.05, 0) is 31.2 Å². The molecule has 0 spiro atoms. The smallest absolute Gasteiger partial charge is 0.236 e. The summed E-state index contributed by atoms with van der Waals surface area (Å²) in [7, 11) is 0. The van der Waals surface area contributed by atoms with Crippen molar-refractivity contribution in [3.05, 3.63) is 17.3 Å². The number of pyridine rings is 1. The van der Waals surface area contributed by atoms with Gasteiger partial charge in [-0.2, -0.15) is 0 Å². The number of aryl methyl sites for hydroxylation is 2. The zero-order chi connectivity index (χ0) is 18.0. The van der Waals surface area contributed by atoms with Crippen LogP contribution in [0.4, 0.5) is 10.8 Å². The molecule has 0 aromatic carbocycles. The molecular weight excluding hydrogens is 394 g/mol. The van der Waals surface area contributed by atoms with Gasteiger partial charge in [0.2, 0.25) is 11.0 Å². The summed E-state index contributed by atoms with van der Waals surface area (Å²) in [6.45, 7) is 6.05. The Hall–Kier alpha value is -1.36. The van der Waals surface area contributed by atoms with Crippen LogP contribution in [0, 0.1) is 13.8 Å². The number of thioether (sulfide) groups is 2. The largest absolute Gasteiger partial charge is 0.397 e. The van der Waals surface area contributed by atoms with Gasteiger partial charge in [0.25, 0.3) is 0 Å². The number of rotatable bonds is 6. The molecule has 3 heterocycles. The molecule has 0 atom stereocenters. The number of thiophene rings is 1. The second-order valence-electron chi connectivity index (χ2n) is 5.21. The molecule has 0 aliphatic carbocycles. The summed E-state index contributed by atoms with van der Waals surface area (Å²) >= 11 is 5.95. The molecule has 3 N–H and O–H groups in total. The first-order valence-corrected chi connectivity index (χ1v) is 11.1. The third-order valence-electron chi connectivity index (χ3n) is 3.25. The van der Waals surface area contributed by atoms with Crippen LogP contribution in [0.5, 0.6) is 0 Å². The van der Waals surface area contributed by atoms with Crippen LogP contribution in [-0.4, -0.2) is 32.6 Å². The fourth-order valence-corrected chi connectivity index (χ4v) is 6.14. The first kappa shape index (κ1) is 18.4. The summed E-state index contributed by atoms with van der Waals surface area (Å²) in [4.78, 5) is 17.6. The monoisotopic (exact) mass is 411 g/mol. The zero-order valence-electron chi connectivity index (χ0n) is 14.0. The lowest BCUT2D eigenvalue weighted by atomic mass is 10.2. The van der Waals surface area contributed by atoms with Gasteiger partial charge in [-0.3, -0.25) is 10.1 Å². The molecule has 3 aromatic heterocycles. The summed E-state index contributed by atoms with van der Waals surface area (Å²) in [6, 6.07) is 2.02. The van der Waals surface area contributed by atoms with Crippen molar-refractivity contribution in [2.24, 2.45) is 0 Å². The molecule has 0 saturated heterocycles. The quantitative estimate of drug-likeness (QED) is 0.464. The minimum Gasteiger partial charge on any atom is -0.397 e. The van der Waals surface area contributed by atoms with E-state index in [0.717, 1.165) is 35.8 Å². The summed E-state index contributed by atoms with van der Waals surface area (Å²) in [5.74, 6) is 1.08. The predicted molar refractivity (Wildman–Crippen MR) is 109 cm³/mol. The van der Waals surface area contributed by atoms with Crippen molar-refractivity contribution in [1.29, 1.82) is 0 Å². The van der Waals surface area contributed by atoms with Crippen LogP contribution in [0.15, 0.2) is 14.6 Å². The Morgan fingerprint density at radius 1 is 1.28 bits per heavy atom. The van der Waals surface area contributed by atoms with E-state index in [1.807, 2.05) is 19.9 Å². The molecule has 3 rings (SSSR count). The van der Waals surface area contributed by atoms with Gasteiger partial charge in [0.1, 0.15) is 4.83 Å². The summed E-state index contributed by atoms with van der Waals surface area (Å²) < 4.78 is 1.78. The van der Waals surface area contributed by atoms with E-state index < -0.39 is 0 Å². The standard InChI is InChI=1S/C15H17N5OS4/c1-4-22-15-20-19-14(25-15)18-9(21)6-23-13-11(16)10-7(2)5-8(3)17-12(10)24-13/h5H,4,6,16H2,1-3H3,(H,18,19,21). The second kappa shape index (κ2) is 7.90. The predicted octanol–water partition coefficient (Wildman–Crippen LogP) is 4.19. The molecule has 1 amide bonds. The molecule has 0 unspecified atom stereocenters. The number of carbonyl (C=O) groups is 1. The minimum absolute atomic E-state index is 0.119. The molecule has 0 aliphatic heterocycles. The van der Waals surface area contributed by atoms with Crippen LogP contribution in [-0.2, 0) is 4.79 Å². The van der Waals surface area contributed by atoms with Crippen LogP contribution in [0.3, 0.4) is 0 Å². The van der Waals surface area contributed by atoms with E-state index in [2.05, 4.69) is 27.4 Å². The van der Waals surface area contributed by atoms with Gasteiger partial charge in [-0.1, -0.05) is 30.0 Å². The van der Waals surface area contributed by atoms with Crippen molar-refractivity contribution in [1.82, 2.24) is 15.2 Å². The maximum atomic E-state index is 12.1. The third-order valence-corrected chi connectivity index (χ3v) is 7.49. The Balaban J connectivity index is 1.66. The van der Waals surface area contributed by atoms with Crippen molar-refractivity contribution < 1.29 is 4.79 Å². The molecule has 0 bridgehead atoms. The third kappa shape index (κ3) is 4.25. The van der Waals surface area contributed by atoms with Gasteiger partial charge in [0, 0.05) is 11.1 Å². The Kier molecular flexibility index (Phi) is 5.82. The Labute approximate surface area is 162 Å². The van der Waals surface area contributed by atoms with Gasteiger partial charge < -0.3 is 5.73 Å². The number of amides is 1. The second-order valence-corrected chi connectivity index (χ2v) is 9.94. The highest BCUT2D eigenvalue weighted by molar-refractivity contribution is 8.02. The topological polar surface area (TPSA) is 93.8 Å². The number of anilines is 2. The number of aromatic nitrogens is 3. The maximum absolute atomic E-state index is 12.1. The molecule has 132 valence electrons. The van der Waals surface area contributed by atoms with E-state index in [-0.39, 0.29) is 11.7 Å². The highest BCUT2D eigenvalue weighted by Crippen LogP contribution is 2.41. The fourth-order valence-electron chi connectivity index (χ4n) is 2.28. The van der Waals surface area contributed by atoms with Crippen LogP contribution in [0.2, 0.25) is 0 Å². The lowest BCUT2D eigenvalue weighted by Gasteiger charge is -2.01. The van der Waals surface area contributed by atoms with Crippen LogP contribution >= 0.6 is 46.2 Å². The maximum Gasteiger partial charge on any atom is 0.236 e.